The largest absolute Gasteiger partial charge is 0.463 e. The Morgan fingerprint density at radius 3 is 2.03 bits per heavy atom. The van der Waals surface area contributed by atoms with E-state index >= 15 is 0 Å². The summed E-state index contributed by atoms with van der Waals surface area (Å²) in [6, 6.07) is -0.976. The number of carbonyl (C=O) groups excluding carboxylic acids is 4. The number of ether oxygens (including phenoxy) is 6. The average molecular weight is 433 g/mol. The maximum absolute atomic E-state index is 11.8. The summed E-state index contributed by atoms with van der Waals surface area (Å²) in [7, 11) is 0. The fraction of sp³-hybridized carbons (Fsp3) is 0.789. The summed E-state index contributed by atoms with van der Waals surface area (Å²) in [5.41, 5.74) is 0. The van der Waals surface area contributed by atoms with Gasteiger partial charge < -0.3 is 33.7 Å². The predicted octanol–water partition coefficient (Wildman–Crippen LogP) is 0.0857. The van der Waals surface area contributed by atoms with E-state index in [1.807, 2.05) is 6.92 Å². The van der Waals surface area contributed by atoms with Crippen molar-refractivity contribution in [1.29, 1.82) is 0 Å². The quantitative estimate of drug-likeness (QED) is 0.271. The number of carbonyl (C=O) groups is 4. The van der Waals surface area contributed by atoms with E-state index in [0.29, 0.717) is 6.61 Å². The second-order valence-corrected chi connectivity index (χ2v) is 6.70. The minimum Gasteiger partial charge on any atom is -0.463 e. The van der Waals surface area contributed by atoms with E-state index in [4.69, 9.17) is 28.4 Å². The third kappa shape index (κ3) is 9.06. The summed E-state index contributed by atoms with van der Waals surface area (Å²) in [4.78, 5) is 46.4. The lowest BCUT2D eigenvalue weighted by atomic mass is 9.96. The number of esters is 3. The second kappa shape index (κ2) is 13.1. The van der Waals surface area contributed by atoms with E-state index in [0.717, 1.165) is 6.42 Å². The summed E-state index contributed by atoms with van der Waals surface area (Å²) in [5, 5.41) is 2.62. The molecule has 1 aliphatic rings. The summed E-state index contributed by atoms with van der Waals surface area (Å²) in [6.07, 6.45) is -3.49. The van der Waals surface area contributed by atoms with Crippen LogP contribution < -0.4 is 5.32 Å². The first-order chi connectivity index (χ1) is 14.1. The molecule has 0 unspecified atom stereocenters. The van der Waals surface area contributed by atoms with E-state index in [9.17, 15) is 19.2 Å². The highest BCUT2D eigenvalue weighted by molar-refractivity contribution is 5.73. The van der Waals surface area contributed by atoms with Crippen LogP contribution in [0.15, 0.2) is 0 Å². The molecule has 1 fully saturated rings. The van der Waals surface area contributed by atoms with E-state index in [-0.39, 0.29) is 19.8 Å². The van der Waals surface area contributed by atoms with Gasteiger partial charge in [0, 0.05) is 34.3 Å². The number of hydrogen-bond acceptors (Lipinski definition) is 10. The molecule has 172 valence electrons. The Morgan fingerprint density at radius 2 is 1.50 bits per heavy atom. The zero-order valence-electron chi connectivity index (χ0n) is 18.0. The van der Waals surface area contributed by atoms with Gasteiger partial charge in [-0.15, -0.1) is 0 Å². The summed E-state index contributed by atoms with van der Waals surface area (Å²) >= 11 is 0. The molecular formula is C19H31NO10. The number of amides is 1. The second-order valence-electron chi connectivity index (χ2n) is 6.70. The highest BCUT2D eigenvalue weighted by Gasteiger charge is 2.51. The number of nitrogens with one attached hydrogen (secondary N) is 1. The molecule has 11 nitrogen and oxygen atoms in total. The fourth-order valence-electron chi connectivity index (χ4n) is 2.90. The standard InChI is InChI=1S/C19H31NO10/c1-6-7-25-8-9-26-19-16(20-11(2)21)18(29-14(5)24)17(28-13(4)23)15(30-19)10-27-12(3)22/h15-19H,6-10H2,1-5H3,(H,20,21)/t15-,16-,17+,18-,19-/m1/s1. The van der Waals surface area contributed by atoms with Crippen LogP contribution in [0, 0.1) is 0 Å². The molecule has 0 saturated carbocycles. The molecule has 1 heterocycles. The van der Waals surface area contributed by atoms with Gasteiger partial charge in [-0.2, -0.15) is 0 Å². The van der Waals surface area contributed by atoms with Crippen molar-refractivity contribution in [3.63, 3.8) is 0 Å². The molecule has 0 aromatic carbocycles. The van der Waals surface area contributed by atoms with Crippen LogP contribution in [0.4, 0.5) is 0 Å². The Labute approximate surface area is 175 Å². The van der Waals surface area contributed by atoms with Crippen molar-refractivity contribution in [1.82, 2.24) is 5.32 Å². The van der Waals surface area contributed by atoms with E-state index in [2.05, 4.69) is 5.32 Å². The Kier molecular flexibility index (Phi) is 11.3. The smallest absolute Gasteiger partial charge is 0.303 e. The summed E-state index contributed by atoms with van der Waals surface area (Å²) < 4.78 is 32.6. The van der Waals surface area contributed by atoms with Crippen molar-refractivity contribution in [2.75, 3.05) is 26.4 Å². The lowest BCUT2D eigenvalue weighted by molar-refractivity contribution is -0.279. The van der Waals surface area contributed by atoms with Gasteiger partial charge >= 0.3 is 17.9 Å². The first-order valence-electron chi connectivity index (χ1n) is 9.75. The molecular weight excluding hydrogens is 402 g/mol. The van der Waals surface area contributed by atoms with Crippen molar-refractivity contribution >= 4 is 23.8 Å². The van der Waals surface area contributed by atoms with Crippen molar-refractivity contribution in [2.45, 2.75) is 71.7 Å². The minimum atomic E-state index is -1.14. The lowest BCUT2D eigenvalue weighted by Gasteiger charge is -2.44. The van der Waals surface area contributed by atoms with Gasteiger partial charge in [-0.05, 0) is 6.42 Å². The average Bonchev–Trinajstić information content (AvgIpc) is 2.63. The molecule has 0 aromatic rings. The van der Waals surface area contributed by atoms with Crippen LogP contribution in [-0.4, -0.2) is 80.9 Å². The highest BCUT2D eigenvalue weighted by Crippen LogP contribution is 2.28. The summed E-state index contributed by atoms with van der Waals surface area (Å²) in [6.45, 7) is 7.51. The normalized spacial score (nSPS) is 25.8. The Morgan fingerprint density at radius 1 is 0.867 bits per heavy atom. The van der Waals surface area contributed by atoms with Gasteiger partial charge in [-0.25, -0.2) is 0 Å². The van der Waals surface area contributed by atoms with Crippen LogP contribution in [0.5, 0.6) is 0 Å². The van der Waals surface area contributed by atoms with Gasteiger partial charge in [0.25, 0.3) is 0 Å². The minimum absolute atomic E-state index is 0.131. The van der Waals surface area contributed by atoms with E-state index in [1.165, 1.54) is 27.7 Å². The van der Waals surface area contributed by atoms with Crippen LogP contribution in [0.1, 0.15) is 41.0 Å². The molecule has 0 aliphatic carbocycles. The van der Waals surface area contributed by atoms with Crippen LogP contribution >= 0.6 is 0 Å². The predicted molar refractivity (Wildman–Crippen MR) is 101 cm³/mol. The maximum atomic E-state index is 11.8. The van der Waals surface area contributed by atoms with Crippen molar-refractivity contribution < 1.29 is 47.6 Å². The SMILES string of the molecule is CCCOCCO[C@@H]1O[C@H](COC(C)=O)[C@H](OC(C)=O)[C@H](OC(C)=O)[C@H]1NC(C)=O. The van der Waals surface area contributed by atoms with E-state index in [1.54, 1.807) is 0 Å². The van der Waals surface area contributed by atoms with Gasteiger partial charge in [0.15, 0.2) is 18.5 Å². The Bertz CT molecular complexity index is 596. The molecule has 0 bridgehead atoms. The first kappa shape index (κ1) is 25.8. The molecule has 1 amide bonds. The molecule has 1 saturated heterocycles. The monoisotopic (exact) mass is 433 g/mol. The Balaban J connectivity index is 3.13. The molecule has 1 aliphatic heterocycles. The number of hydrogen-bond donors (Lipinski definition) is 1. The highest BCUT2D eigenvalue weighted by atomic mass is 16.7. The van der Waals surface area contributed by atoms with Gasteiger partial charge in [0.05, 0.1) is 13.2 Å². The zero-order valence-corrected chi connectivity index (χ0v) is 18.0. The van der Waals surface area contributed by atoms with Gasteiger partial charge in [0.2, 0.25) is 5.91 Å². The molecule has 0 aromatic heterocycles. The zero-order chi connectivity index (χ0) is 22.7. The Hall–Kier alpha value is -2.24. The molecule has 11 heteroatoms. The van der Waals surface area contributed by atoms with E-state index < -0.39 is 54.5 Å². The van der Waals surface area contributed by atoms with Crippen LogP contribution in [0.2, 0.25) is 0 Å². The molecule has 1 rings (SSSR count). The van der Waals surface area contributed by atoms with Gasteiger partial charge in [0.1, 0.15) is 18.8 Å². The van der Waals surface area contributed by atoms with Gasteiger partial charge in [-0.1, -0.05) is 6.92 Å². The van der Waals surface area contributed by atoms with Gasteiger partial charge in [-0.3, -0.25) is 19.2 Å². The summed E-state index contributed by atoms with van der Waals surface area (Å²) in [5.74, 6) is -2.33. The first-order valence-corrected chi connectivity index (χ1v) is 9.75. The van der Waals surface area contributed by atoms with Crippen LogP contribution in [0.3, 0.4) is 0 Å². The van der Waals surface area contributed by atoms with Crippen molar-refractivity contribution in [3.05, 3.63) is 0 Å². The number of rotatable bonds is 11. The van der Waals surface area contributed by atoms with Crippen molar-refractivity contribution in [2.24, 2.45) is 0 Å². The molecule has 0 radical (unpaired) electrons. The molecule has 1 N–H and O–H groups in total. The molecule has 0 spiro atoms. The third-order valence-corrected chi connectivity index (χ3v) is 3.93. The van der Waals surface area contributed by atoms with Crippen LogP contribution in [-0.2, 0) is 47.6 Å². The lowest BCUT2D eigenvalue weighted by Crippen LogP contribution is -2.66. The topological polar surface area (TPSA) is 136 Å². The van der Waals surface area contributed by atoms with Crippen LogP contribution in [0.25, 0.3) is 0 Å². The fourth-order valence-corrected chi connectivity index (χ4v) is 2.90. The maximum Gasteiger partial charge on any atom is 0.303 e. The molecule has 5 atom stereocenters. The third-order valence-electron chi connectivity index (χ3n) is 3.93. The molecule has 30 heavy (non-hydrogen) atoms. The van der Waals surface area contributed by atoms with Crippen molar-refractivity contribution in [3.8, 4) is 0 Å².